The summed E-state index contributed by atoms with van der Waals surface area (Å²) in [5.41, 5.74) is 1.62. The SMILES string of the molecule is c1ccc(Sc2ncnc3c(N4CCOCC4)nc(N4CCNCC4)nc23)cc1. The van der Waals surface area contributed by atoms with Gasteiger partial charge < -0.3 is 19.9 Å². The topological polar surface area (TPSA) is 79.3 Å². The van der Waals surface area contributed by atoms with Gasteiger partial charge in [-0.25, -0.2) is 15.0 Å². The van der Waals surface area contributed by atoms with Crippen LogP contribution < -0.4 is 15.1 Å². The van der Waals surface area contributed by atoms with Crippen molar-refractivity contribution >= 4 is 34.6 Å². The number of hydrogen-bond donors (Lipinski definition) is 1. The summed E-state index contributed by atoms with van der Waals surface area (Å²) in [4.78, 5) is 24.7. The van der Waals surface area contributed by atoms with E-state index in [-0.39, 0.29) is 0 Å². The minimum atomic E-state index is 0.700. The lowest BCUT2D eigenvalue weighted by atomic mass is 10.3. The van der Waals surface area contributed by atoms with Crippen molar-refractivity contribution in [3.63, 3.8) is 0 Å². The van der Waals surface area contributed by atoms with Crippen molar-refractivity contribution in [1.82, 2.24) is 25.3 Å². The van der Waals surface area contributed by atoms with Gasteiger partial charge in [-0.05, 0) is 12.1 Å². The third-order valence-corrected chi connectivity index (χ3v) is 6.09. The Labute approximate surface area is 173 Å². The summed E-state index contributed by atoms with van der Waals surface area (Å²) in [6.07, 6.45) is 1.62. The molecule has 1 aromatic carbocycles. The second-order valence-corrected chi connectivity index (χ2v) is 8.04. The molecule has 4 heterocycles. The lowest BCUT2D eigenvalue weighted by molar-refractivity contribution is 0.122. The van der Waals surface area contributed by atoms with Gasteiger partial charge in [-0.15, -0.1) is 0 Å². The van der Waals surface area contributed by atoms with Gasteiger partial charge in [0, 0.05) is 44.2 Å². The van der Waals surface area contributed by atoms with Gasteiger partial charge in [-0.3, -0.25) is 0 Å². The van der Waals surface area contributed by atoms with E-state index in [0.29, 0.717) is 13.2 Å². The highest BCUT2D eigenvalue weighted by Gasteiger charge is 2.23. The Kier molecular flexibility index (Phi) is 5.42. The lowest BCUT2D eigenvalue weighted by Crippen LogP contribution is -2.44. The summed E-state index contributed by atoms with van der Waals surface area (Å²) in [6.45, 7) is 6.66. The van der Waals surface area contributed by atoms with Crippen molar-refractivity contribution in [2.45, 2.75) is 9.92 Å². The number of ether oxygens (including phenoxy) is 1. The highest BCUT2D eigenvalue weighted by Crippen LogP contribution is 2.34. The molecular formula is C20H23N7OS. The third kappa shape index (κ3) is 3.98. The second-order valence-electron chi connectivity index (χ2n) is 6.97. The molecule has 0 bridgehead atoms. The molecule has 0 radical (unpaired) electrons. The van der Waals surface area contributed by atoms with Crippen LogP contribution in [0.3, 0.4) is 0 Å². The number of morpholine rings is 1. The largest absolute Gasteiger partial charge is 0.378 e. The number of piperazine rings is 1. The van der Waals surface area contributed by atoms with Crippen LogP contribution in [0.2, 0.25) is 0 Å². The van der Waals surface area contributed by atoms with Gasteiger partial charge in [0.1, 0.15) is 22.4 Å². The van der Waals surface area contributed by atoms with Crippen LogP contribution in [0, 0.1) is 0 Å². The van der Waals surface area contributed by atoms with Crippen LogP contribution in [0.15, 0.2) is 46.6 Å². The molecule has 2 saturated heterocycles. The van der Waals surface area contributed by atoms with Crippen molar-refractivity contribution in [2.75, 3.05) is 62.3 Å². The fourth-order valence-electron chi connectivity index (χ4n) is 3.58. The highest BCUT2D eigenvalue weighted by atomic mass is 32.2. The molecule has 2 aromatic heterocycles. The Morgan fingerprint density at radius 2 is 1.66 bits per heavy atom. The average molecular weight is 410 g/mol. The van der Waals surface area contributed by atoms with Crippen LogP contribution >= 0.6 is 11.8 Å². The minimum Gasteiger partial charge on any atom is -0.378 e. The summed E-state index contributed by atoms with van der Waals surface area (Å²) in [5.74, 6) is 1.63. The Balaban J connectivity index is 1.62. The predicted octanol–water partition coefficient (Wildman–Crippen LogP) is 1.82. The van der Waals surface area contributed by atoms with Gasteiger partial charge in [0.25, 0.3) is 0 Å². The molecule has 0 amide bonds. The van der Waals surface area contributed by atoms with E-state index in [1.54, 1.807) is 18.1 Å². The zero-order valence-electron chi connectivity index (χ0n) is 16.1. The summed E-state index contributed by atoms with van der Waals surface area (Å²) in [5, 5.41) is 4.25. The van der Waals surface area contributed by atoms with Gasteiger partial charge in [0.2, 0.25) is 5.95 Å². The van der Waals surface area contributed by atoms with Crippen molar-refractivity contribution in [2.24, 2.45) is 0 Å². The minimum absolute atomic E-state index is 0.700. The molecule has 0 unspecified atom stereocenters. The molecule has 3 aromatic rings. The third-order valence-electron chi connectivity index (χ3n) is 5.09. The molecule has 0 aliphatic carbocycles. The number of hydrogen-bond acceptors (Lipinski definition) is 9. The van der Waals surface area contributed by atoms with Crippen LogP contribution in [-0.2, 0) is 4.74 Å². The fraction of sp³-hybridized carbons (Fsp3) is 0.400. The van der Waals surface area contributed by atoms with Crippen LogP contribution in [0.1, 0.15) is 0 Å². The van der Waals surface area contributed by atoms with E-state index in [4.69, 9.17) is 14.7 Å². The molecule has 1 N–H and O–H groups in total. The van der Waals surface area contributed by atoms with E-state index >= 15 is 0 Å². The zero-order chi connectivity index (χ0) is 19.5. The van der Waals surface area contributed by atoms with Crippen LogP contribution in [0.4, 0.5) is 11.8 Å². The number of benzene rings is 1. The first-order chi connectivity index (χ1) is 14.4. The Morgan fingerprint density at radius 3 is 2.45 bits per heavy atom. The Hall–Kier alpha value is -2.49. The van der Waals surface area contributed by atoms with E-state index in [1.165, 1.54) is 0 Å². The maximum Gasteiger partial charge on any atom is 0.228 e. The summed E-state index contributed by atoms with van der Waals surface area (Å²) in [6, 6.07) is 10.3. The van der Waals surface area contributed by atoms with E-state index in [0.717, 1.165) is 72.0 Å². The van der Waals surface area contributed by atoms with E-state index in [1.807, 2.05) is 18.2 Å². The van der Waals surface area contributed by atoms with E-state index in [2.05, 4.69) is 37.2 Å². The normalized spacial score (nSPS) is 17.7. The number of nitrogens with one attached hydrogen (secondary N) is 1. The molecule has 5 rings (SSSR count). The standard InChI is InChI=1S/C20H23N7OS/c1-2-4-15(5-3-1)29-19-17-16(22-14-23-19)18(26-10-12-28-13-11-26)25-20(24-17)27-8-6-21-7-9-27/h1-5,14,21H,6-13H2. The predicted molar refractivity (Wildman–Crippen MR) is 114 cm³/mol. The van der Waals surface area contributed by atoms with Crippen molar-refractivity contribution < 1.29 is 4.74 Å². The maximum absolute atomic E-state index is 5.54. The second kappa shape index (κ2) is 8.48. The smallest absolute Gasteiger partial charge is 0.228 e. The van der Waals surface area contributed by atoms with Gasteiger partial charge >= 0.3 is 0 Å². The zero-order valence-corrected chi connectivity index (χ0v) is 16.9. The molecule has 2 aliphatic rings. The van der Waals surface area contributed by atoms with Crippen LogP contribution in [-0.4, -0.2) is 72.4 Å². The number of rotatable bonds is 4. The molecular weight excluding hydrogens is 386 g/mol. The molecule has 29 heavy (non-hydrogen) atoms. The van der Waals surface area contributed by atoms with E-state index in [9.17, 15) is 0 Å². The summed E-state index contributed by atoms with van der Waals surface area (Å²) in [7, 11) is 0. The average Bonchev–Trinajstić information content (AvgIpc) is 2.80. The molecule has 0 saturated carbocycles. The highest BCUT2D eigenvalue weighted by molar-refractivity contribution is 7.99. The number of nitrogens with zero attached hydrogens (tertiary/aromatic N) is 6. The monoisotopic (exact) mass is 409 g/mol. The number of fused-ring (bicyclic) bond motifs is 1. The number of aromatic nitrogens is 4. The fourth-order valence-corrected chi connectivity index (χ4v) is 4.43. The molecule has 9 heteroatoms. The van der Waals surface area contributed by atoms with Gasteiger partial charge in [0.15, 0.2) is 5.82 Å². The molecule has 8 nitrogen and oxygen atoms in total. The first kappa shape index (κ1) is 18.5. The molecule has 0 spiro atoms. The van der Waals surface area contributed by atoms with Crippen LogP contribution in [0.25, 0.3) is 11.0 Å². The Bertz CT molecular complexity index is 975. The van der Waals surface area contributed by atoms with E-state index < -0.39 is 0 Å². The van der Waals surface area contributed by atoms with Crippen molar-refractivity contribution in [3.8, 4) is 0 Å². The van der Waals surface area contributed by atoms with Gasteiger partial charge in [-0.1, -0.05) is 30.0 Å². The molecule has 2 fully saturated rings. The van der Waals surface area contributed by atoms with Crippen LogP contribution in [0.5, 0.6) is 0 Å². The van der Waals surface area contributed by atoms with Crippen molar-refractivity contribution in [3.05, 3.63) is 36.7 Å². The van der Waals surface area contributed by atoms with Gasteiger partial charge in [-0.2, -0.15) is 4.98 Å². The maximum atomic E-state index is 5.54. The Morgan fingerprint density at radius 1 is 0.862 bits per heavy atom. The first-order valence-corrected chi connectivity index (χ1v) is 10.7. The lowest BCUT2D eigenvalue weighted by Gasteiger charge is -2.31. The summed E-state index contributed by atoms with van der Waals surface area (Å²) >= 11 is 1.61. The molecule has 2 aliphatic heterocycles. The number of anilines is 2. The van der Waals surface area contributed by atoms with Crippen molar-refractivity contribution in [1.29, 1.82) is 0 Å². The molecule has 150 valence electrons. The quantitative estimate of drug-likeness (QED) is 0.649. The first-order valence-electron chi connectivity index (χ1n) is 9.92. The summed E-state index contributed by atoms with van der Waals surface area (Å²) < 4.78 is 5.54. The van der Waals surface area contributed by atoms with Gasteiger partial charge in [0.05, 0.1) is 13.2 Å². The molecule has 0 atom stereocenters.